The van der Waals surface area contributed by atoms with Crippen LogP contribution >= 0.6 is 11.3 Å². The summed E-state index contributed by atoms with van der Waals surface area (Å²) < 4.78 is 0. The SMILES string of the molecule is CN[C@@H](C)c1ccc(C(C)(C)C)s1. The van der Waals surface area contributed by atoms with Crippen LogP contribution in [0.2, 0.25) is 0 Å². The lowest BCUT2D eigenvalue weighted by Gasteiger charge is -2.15. The number of nitrogens with one attached hydrogen (secondary N) is 1. The van der Waals surface area contributed by atoms with Gasteiger partial charge >= 0.3 is 0 Å². The smallest absolute Gasteiger partial charge is 0.0383 e. The maximum absolute atomic E-state index is 3.26. The first kappa shape index (κ1) is 10.7. The van der Waals surface area contributed by atoms with Gasteiger partial charge in [-0.2, -0.15) is 0 Å². The molecular weight excluding hydrogens is 178 g/mol. The second kappa shape index (κ2) is 3.81. The summed E-state index contributed by atoms with van der Waals surface area (Å²) in [6.45, 7) is 8.96. The van der Waals surface area contributed by atoms with E-state index in [0.29, 0.717) is 6.04 Å². The Morgan fingerprint density at radius 1 is 1.31 bits per heavy atom. The second-order valence-electron chi connectivity index (χ2n) is 4.46. The van der Waals surface area contributed by atoms with Gasteiger partial charge in [0.25, 0.3) is 0 Å². The van der Waals surface area contributed by atoms with Crippen molar-refractivity contribution < 1.29 is 0 Å². The van der Waals surface area contributed by atoms with Crippen LogP contribution in [0.4, 0.5) is 0 Å². The quantitative estimate of drug-likeness (QED) is 0.767. The Labute approximate surface area is 85.2 Å². The highest BCUT2D eigenvalue weighted by Gasteiger charge is 2.17. The Morgan fingerprint density at radius 3 is 2.31 bits per heavy atom. The third kappa shape index (κ3) is 2.55. The Kier molecular flexibility index (Phi) is 3.14. The zero-order chi connectivity index (χ0) is 10.1. The van der Waals surface area contributed by atoms with Crippen molar-refractivity contribution in [3.05, 3.63) is 21.9 Å². The normalized spacial score (nSPS) is 14.5. The van der Waals surface area contributed by atoms with Crippen LogP contribution < -0.4 is 5.32 Å². The summed E-state index contributed by atoms with van der Waals surface area (Å²) in [7, 11) is 2.00. The van der Waals surface area contributed by atoms with Crippen LogP contribution in [0.25, 0.3) is 0 Å². The lowest BCUT2D eigenvalue weighted by molar-refractivity contribution is 0.604. The summed E-state index contributed by atoms with van der Waals surface area (Å²) in [4.78, 5) is 2.89. The van der Waals surface area contributed by atoms with Crippen LogP contribution in [-0.2, 0) is 5.41 Å². The van der Waals surface area contributed by atoms with Gasteiger partial charge in [-0.3, -0.25) is 0 Å². The molecule has 1 rings (SSSR count). The highest BCUT2D eigenvalue weighted by atomic mass is 32.1. The minimum absolute atomic E-state index is 0.288. The third-order valence-electron chi connectivity index (χ3n) is 2.23. The molecule has 0 radical (unpaired) electrons. The fourth-order valence-electron chi connectivity index (χ4n) is 1.13. The maximum Gasteiger partial charge on any atom is 0.0383 e. The van der Waals surface area contributed by atoms with E-state index in [-0.39, 0.29) is 5.41 Å². The van der Waals surface area contributed by atoms with Gasteiger partial charge in [0, 0.05) is 15.8 Å². The lowest BCUT2D eigenvalue weighted by atomic mass is 9.95. The van der Waals surface area contributed by atoms with Crippen LogP contribution in [0.3, 0.4) is 0 Å². The van der Waals surface area contributed by atoms with Gasteiger partial charge < -0.3 is 5.32 Å². The Hall–Kier alpha value is -0.340. The Balaban J connectivity index is 2.87. The molecule has 0 aromatic carbocycles. The van der Waals surface area contributed by atoms with Gasteiger partial charge in [0.2, 0.25) is 0 Å². The van der Waals surface area contributed by atoms with E-state index in [1.807, 2.05) is 18.4 Å². The van der Waals surface area contributed by atoms with Gasteiger partial charge in [-0.25, -0.2) is 0 Å². The predicted molar refractivity (Wildman–Crippen MR) is 60.5 cm³/mol. The van der Waals surface area contributed by atoms with Crippen molar-refractivity contribution in [2.75, 3.05) is 7.05 Å². The van der Waals surface area contributed by atoms with Crippen molar-refractivity contribution in [2.45, 2.75) is 39.2 Å². The molecule has 0 saturated heterocycles. The van der Waals surface area contributed by atoms with Crippen molar-refractivity contribution in [1.82, 2.24) is 5.32 Å². The van der Waals surface area contributed by atoms with Crippen molar-refractivity contribution in [1.29, 1.82) is 0 Å². The molecule has 1 aromatic heterocycles. The van der Waals surface area contributed by atoms with Crippen molar-refractivity contribution in [2.24, 2.45) is 0 Å². The third-order valence-corrected chi connectivity index (χ3v) is 3.92. The number of hydrogen-bond acceptors (Lipinski definition) is 2. The molecule has 0 saturated carbocycles. The van der Waals surface area contributed by atoms with Crippen molar-refractivity contribution in [3.8, 4) is 0 Å². The molecular formula is C11H19NS. The van der Waals surface area contributed by atoms with E-state index in [2.05, 4.69) is 45.1 Å². The van der Waals surface area contributed by atoms with Crippen LogP contribution in [0, 0.1) is 0 Å². The molecule has 1 atom stereocenters. The van der Waals surface area contributed by atoms with Crippen molar-refractivity contribution in [3.63, 3.8) is 0 Å². The average Bonchev–Trinajstić information content (AvgIpc) is 2.50. The number of rotatable bonds is 2. The number of hydrogen-bond donors (Lipinski definition) is 1. The standard InChI is InChI=1S/C11H19NS/c1-8(12-5)9-6-7-10(13-9)11(2,3)4/h6-8,12H,1-5H3/t8-/m0/s1. The van der Waals surface area contributed by atoms with E-state index in [4.69, 9.17) is 0 Å². The Bertz CT molecular complexity index is 270. The fourth-order valence-corrected chi connectivity index (χ4v) is 2.26. The van der Waals surface area contributed by atoms with Gasteiger partial charge in [-0.15, -0.1) is 11.3 Å². The van der Waals surface area contributed by atoms with Gasteiger partial charge in [-0.05, 0) is 31.5 Å². The molecule has 2 heteroatoms. The lowest BCUT2D eigenvalue weighted by Crippen LogP contribution is -2.11. The Morgan fingerprint density at radius 2 is 1.92 bits per heavy atom. The van der Waals surface area contributed by atoms with Gasteiger partial charge in [-0.1, -0.05) is 20.8 Å². The highest BCUT2D eigenvalue weighted by Crippen LogP contribution is 2.31. The molecule has 0 aliphatic heterocycles. The van der Waals surface area contributed by atoms with Crippen LogP contribution in [-0.4, -0.2) is 7.05 Å². The molecule has 13 heavy (non-hydrogen) atoms. The topological polar surface area (TPSA) is 12.0 Å². The van der Waals surface area contributed by atoms with Gasteiger partial charge in [0.05, 0.1) is 0 Å². The first-order valence-corrected chi connectivity index (χ1v) is 5.54. The molecule has 74 valence electrons. The summed E-state index contributed by atoms with van der Waals surface area (Å²) >= 11 is 1.91. The molecule has 1 N–H and O–H groups in total. The second-order valence-corrected chi connectivity index (χ2v) is 5.58. The van der Waals surface area contributed by atoms with E-state index in [0.717, 1.165) is 0 Å². The molecule has 0 aliphatic rings. The molecule has 1 aromatic rings. The summed E-state index contributed by atoms with van der Waals surface area (Å²) in [6.07, 6.45) is 0. The molecule has 0 bridgehead atoms. The fraction of sp³-hybridized carbons (Fsp3) is 0.636. The molecule has 0 amide bonds. The molecule has 1 heterocycles. The monoisotopic (exact) mass is 197 g/mol. The van der Waals surface area contributed by atoms with E-state index in [1.165, 1.54) is 9.75 Å². The van der Waals surface area contributed by atoms with Gasteiger partial charge in [0.1, 0.15) is 0 Å². The number of thiophene rings is 1. The molecule has 0 unspecified atom stereocenters. The first-order valence-electron chi connectivity index (χ1n) is 4.72. The molecule has 0 fully saturated rings. The summed E-state index contributed by atoms with van der Waals surface area (Å²) in [6, 6.07) is 4.95. The van der Waals surface area contributed by atoms with Crippen LogP contribution in [0.15, 0.2) is 12.1 Å². The van der Waals surface area contributed by atoms with Crippen LogP contribution in [0.5, 0.6) is 0 Å². The summed E-state index contributed by atoms with van der Waals surface area (Å²) in [5.74, 6) is 0. The van der Waals surface area contributed by atoms with E-state index < -0.39 is 0 Å². The maximum atomic E-state index is 3.26. The minimum atomic E-state index is 0.288. The minimum Gasteiger partial charge on any atom is -0.313 e. The van der Waals surface area contributed by atoms with E-state index in [9.17, 15) is 0 Å². The average molecular weight is 197 g/mol. The van der Waals surface area contributed by atoms with Crippen LogP contribution in [0.1, 0.15) is 43.5 Å². The summed E-state index contributed by atoms with van der Waals surface area (Å²) in [5, 5.41) is 3.26. The van der Waals surface area contributed by atoms with E-state index >= 15 is 0 Å². The molecule has 1 nitrogen and oxygen atoms in total. The largest absolute Gasteiger partial charge is 0.313 e. The zero-order valence-electron chi connectivity index (χ0n) is 9.14. The zero-order valence-corrected chi connectivity index (χ0v) is 9.96. The highest BCUT2D eigenvalue weighted by molar-refractivity contribution is 7.12. The molecule has 0 spiro atoms. The van der Waals surface area contributed by atoms with E-state index in [1.54, 1.807) is 0 Å². The van der Waals surface area contributed by atoms with Gasteiger partial charge in [0.15, 0.2) is 0 Å². The van der Waals surface area contributed by atoms with Crippen molar-refractivity contribution >= 4 is 11.3 Å². The first-order chi connectivity index (χ1) is 5.95. The molecule has 0 aliphatic carbocycles. The summed E-state index contributed by atoms with van der Waals surface area (Å²) in [5.41, 5.74) is 0.288. The predicted octanol–water partition coefficient (Wildman–Crippen LogP) is 3.33.